The van der Waals surface area contributed by atoms with Crippen LogP contribution in [-0.2, 0) is 0 Å². The highest BCUT2D eigenvalue weighted by Crippen LogP contribution is 2.33. The van der Waals surface area contributed by atoms with E-state index in [4.69, 9.17) is 0 Å². The summed E-state index contributed by atoms with van der Waals surface area (Å²) in [6, 6.07) is 8.04. The first-order valence-electron chi connectivity index (χ1n) is 6.91. The summed E-state index contributed by atoms with van der Waals surface area (Å²) in [5, 5.41) is 0. The van der Waals surface area contributed by atoms with E-state index in [9.17, 15) is 4.79 Å². The Labute approximate surface area is 110 Å². The molecule has 0 amide bonds. The van der Waals surface area contributed by atoms with Gasteiger partial charge in [0.05, 0.1) is 0 Å². The van der Waals surface area contributed by atoms with Crippen LogP contribution in [0.25, 0.3) is 0 Å². The number of hydrogen-bond acceptors (Lipinski definition) is 2. The number of ketones is 1. The molecular formula is C16H23NO. The molecule has 0 aromatic heterocycles. The molecule has 2 nitrogen and oxygen atoms in total. The van der Waals surface area contributed by atoms with Crippen LogP contribution in [0.1, 0.15) is 50.4 Å². The van der Waals surface area contributed by atoms with Crippen LogP contribution in [0.5, 0.6) is 0 Å². The predicted molar refractivity (Wildman–Crippen MR) is 76.3 cm³/mol. The van der Waals surface area contributed by atoms with Gasteiger partial charge in [0.2, 0.25) is 0 Å². The largest absolute Gasteiger partial charge is 0.370 e. The van der Waals surface area contributed by atoms with Gasteiger partial charge >= 0.3 is 0 Å². The highest BCUT2D eigenvalue weighted by atomic mass is 16.1. The third-order valence-electron chi connectivity index (χ3n) is 3.77. The topological polar surface area (TPSA) is 20.3 Å². The molecular weight excluding hydrogens is 222 g/mol. The van der Waals surface area contributed by atoms with Crippen LogP contribution in [0.3, 0.4) is 0 Å². The van der Waals surface area contributed by atoms with Crippen LogP contribution >= 0.6 is 0 Å². The summed E-state index contributed by atoms with van der Waals surface area (Å²) in [6.07, 6.45) is 3.06. The lowest BCUT2D eigenvalue weighted by molar-refractivity contribution is 0.0988. The van der Waals surface area contributed by atoms with E-state index in [1.54, 1.807) is 0 Å². The van der Waals surface area contributed by atoms with Crippen LogP contribution in [0, 0.1) is 5.41 Å². The fraction of sp³-hybridized carbons (Fsp3) is 0.562. The van der Waals surface area contributed by atoms with E-state index in [1.807, 2.05) is 25.1 Å². The van der Waals surface area contributed by atoms with Crippen molar-refractivity contribution in [2.75, 3.05) is 18.0 Å². The summed E-state index contributed by atoms with van der Waals surface area (Å²) < 4.78 is 0. The highest BCUT2D eigenvalue weighted by molar-refractivity contribution is 6.01. The Bertz CT molecular complexity index is 436. The second-order valence-electron chi connectivity index (χ2n) is 5.98. The van der Waals surface area contributed by atoms with E-state index in [0.717, 1.165) is 24.3 Å². The van der Waals surface area contributed by atoms with Crippen molar-refractivity contribution < 1.29 is 4.79 Å². The van der Waals surface area contributed by atoms with Gasteiger partial charge in [0.1, 0.15) is 0 Å². The van der Waals surface area contributed by atoms with Crippen molar-refractivity contribution in [2.45, 2.75) is 40.0 Å². The minimum atomic E-state index is 0.244. The summed E-state index contributed by atoms with van der Waals surface area (Å²) >= 11 is 0. The van der Waals surface area contributed by atoms with Gasteiger partial charge in [0, 0.05) is 30.8 Å². The summed E-state index contributed by atoms with van der Waals surface area (Å²) in [7, 11) is 0. The molecule has 1 aliphatic heterocycles. The monoisotopic (exact) mass is 245 g/mol. The Kier molecular flexibility index (Phi) is 3.74. The van der Waals surface area contributed by atoms with Crippen molar-refractivity contribution in [3.05, 3.63) is 29.8 Å². The van der Waals surface area contributed by atoms with Gasteiger partial charge in [-0.3, -0.25) is 4.79 Å². The molecule has 1 saturated heterocycles. The molecule has 0 N–H and O–H groups in total. The first-order valence-corrected chi connectivity index (χ1v) is 6.91. The zero-order valence-corrected chi connectivity index (χ0v) is 11.7. The number of carbonyl (C=O) groups is 1. The van der Waals surface area contributed by atoms with Crippen LogP contribution in [0.4, 0.5) is 5.69 Å². The fourth-order valence-corrected chi connectivity index (χ4v) is 2.80. The number of Topliss-reactive ketones (excluding diaryl/α,β-unsaturated/α-hetero) is 1. The van der Waals surface area contributed by atoms with Crippen LogP contribution in [0.15, 0.2) is 24.3 Å². The number of carbonyl (C=O) groups excluding carboxylic acids is 1. The number of piperidine rings is 1. The first-order chi connectivity index (χ1) is 8.53. The molecule has 2 heteroatoms. The third-order valence-corrected chi connectivity index (χ3v) is 3.77. The maximum atomic E-state index is 12.0. The van der Waals surface area contributed by atoms with E-state index in [2.05, 4.69) is 24.8 Å². The SMILES string of the molecule is CCC(=O)c1ccccc1N1CCCC(C)(C)C1. The summed E-state index contributed by atoms with van der Waals surface area (Å²) in [5.41, 5.74) is 2.36. The first kappa shape index (κ1) is 13.1. The van der Waals surface area contributed by atoms with E-state index < -0.39 is 0 Å². The van der Waals surface area contributed by atoms with Crippen molar-refractivity contribution in [3.63, 3.8) is 0 Å². The Hall–Kier alpha value is -1.31. The van der Waals surface area contributed by atoms with Gasteiger partial charge < -0.3 is 4.90 Å². The van der Waals surface area contributed by atoms with Gasteiger partial charge in [0.25, 0.3) is 0 Å². The lowest BCUT2D eigenvalue weighted by Crippen LogP contribution is -2.40. The highest BCUT2D eigenvalue weighted by Gasteiger charge is 2.27. The summed E-state index contributed by atoms with van der Waals surface area (Å²) in [6.45, 7) is 8.66. The molecule has 1 fully saturated rings. The molecule has 98 valence electrons. The van der Waals surface area contributed by atoms with E-state index in [0.29, 0.717) is 11.8 Å². The summed E-state index contributed by atoms with van der Waals surface area (Å²) in [4.78, 5) is 14.4. The molecule has 1 aromatic rings. The third kappa shape index (κ3) is 2.74. The molecule has 2 rings (SSSR count). The van der Waals surface area contributed by atoms with Gasteiger partial charge in [-0.1, -0.05) is 32.9 Å². The second kappa shape index (κ2) is 5.13. The molecule has 0 bridgehead atoms. The van der Waals surface area contributed by atoms with Crippen molar-refractivity contribution in [1.29, 1.82) is 0 Å². The van der Waals surface area contributed by atoms with Crippen molar-refractivity contribution in [1.82, 2.24) is 0 Å². The number of anilines is 1. The maximum absolute atomic E-state index is 12.0. The maximum Gasteiger partial charge on any atom is 0.164 e. The summed E-state index contributed by atoms with van der Waals surface area (Å²) in [5.74, 6) is 0.244. The van der Waals surface area contributed by atoms with Crippen LogP contribution in [-0.4, -0.2) is 18.9 Å². The number of nitrogens with zero attached hydrogens (tertiary/aromatic N) is 1. The smallest absolute Gasteiger partial charge is 0.164 e. The quantitative estimate of drug-likeness (QED) is 0.753. The Morgan fingerprint density at radius 2 is 2.06 bits per heavy atom. The average molecular weight is 245 g/mol. The Morgan fingerprint density at radius 1 is 1.33 bits per heavy atom. The second-order valence-corrected chi connectivity index (χ2v) is 5.98. The van der Waals surface area contributed by atoms with E-state index >= 15 is 0 Å². The molecule has 0 saturated carbocycles. The number of rotatable bonds is 3. The standard InChI is InChI=1S/C16H23NO/c1-4-15(18)13-8-5-6-9-14(13)17-11-7-10-16(2,3)12-17/h5-6,8-9H,4,7,10-12H2,1-3H3. The van der Waals surface area contributed by atoms with E-state index in [1.165, 1.54) is 12.8 Å². The molecule has 0 atom stereocenters. The number of para-hydroxylation sites is 1. The molecule has 18 heavy (non-hydrogen) atoms. The van der Waals surface area contributed by atoms with Gasteiger partial charge in [-0.2, -0.15) is 0 Å². The van der Waals surface area contributed by atoms with E-state index in [-0.39, 0.29) is 5.78 Å². The van der Waals surface area contributed by atoms with Gasteiger partial charge in [-0.15, -0.1) is 0 Å². The molecule has 0 spiro atoms. The molecule has 0 aliphatic carbocycles. The van der Waals surface area contributed by atoms with Crippen molar-refractivity contribution in [2.24, 2.45) is 5.41 Å². The lowest BCUT2D eigenvalue weighted by atomic mass is 9.83. The molecule has 1 heterocycles. The van der Waals surface area contributed by atoms with Gasteiger partial charge in [0.15, 0.2) is 5.78 Å². The zero-order chi connectivity index (χ0) is 13.2. The number of hydrogen-bond donors (Lipinski definition) is 0. The molecule has 0 unspecified atom stereocenters. The Morgan fingerprint density at radius 3 is 2.72 bits per heavy atom. The van der Waals surface area contributed by atoms with Crippen molar-refractivity contribution in [3.8, 4) is 0 Å². The lowest BCUT2D eigenvalue weighted by Gasteiger charge is -2.40. The number of benzene rings is 1. The van der Waals surface area contributed by atoms with Gasteiger partial charge in [-0.25, -0.2) is 0 Å². The predicted octanol–water partition coefficient (Wildman–Crippen LogP) is 3.91. The molecule has 0 radical (unpaired) electrons. The van der Waals surface area contributed by atoms with Crippen LogP contribution in [0.2, 0.25) is 0 Å². The minimum absolute atomic E-state index is 0.244. The van der Waals surface area contributed by atoms with Gasteiger partial charge in [-0.05, 0) is 30.4 Å². The Balaban J connectivity index is 2.30. The zero-order valence-electron chi connectivity index (χ0n) is 11.7. The molecule has 1 aromatic carbocycles. The minimum Gasteiger partial charge on any atom is -0.370 e. The molecule has 1 aliphatic rings. The van der Waals surface area contributed by atoms with Crippen molar-refractivity contribution >= 4 is 11.5 Å². The normalized spacial score (nSPS) is 18.7. The fourth-order valence-electron chi connectivity index (χ4n) is 2.80. The van der Waals surface area contributed by atoms with Crippen LogP contribution < -0.4 is 4.90 Å². The average Bonchev–Trinajstić information content (AvgIpc) is 2.36.